The Balaban J connectivity index is 1.51. The molecule has 0 amide bonds. The zero-order chi connectivity index (χ0) is 26.2. The minimum absolute atomic E-state index is 0.0102. The number of ketones is 1. The smallest absolute Gasteiger partial charge is 0.264 e. The molecule has 194 valence electrons. The molecule has 5 rings (SSSR count). The zero-order valence-corrected chi connectivity index (χ0v) is 21.4. The molecular weight excluding hydrogens is 496 g/mol. The molecule has 3 aromatic carbocycles. The number of nitrogens with zero attached hydrogens (tertiary/aromatic N) is 1. The maximum Gasteiger partial charge on any atom is 0.264 e. The molecule has 37 heavy (non-hydrogen) atoms. The van der Waals surface area contributed by atoms with Crippen LogP contribution in [0.2, 0.25) is 0 Å². The highest BCUT2D eigenvalue weighted by Crippen LogP contribution is 2.41. The van der Waals surface area contributed by atoms with Gasteiger partial charge in [0, 0.05) is 17.9 Å². The third kappa shape index (κ3) is 5.25. The lowest BCUT2D eigenvalue weighted by molar-refractivity contribution is -0.123. The lowest BCUT2D eigenvalue weighted by Gasteiger charge is -2.36. The van der Waals surface area contributed by atoms with E-state index in [9.17, 15) is 22.0 Å². The molecule has 1 atom stereocenters. The number of fused-ring (bicyclic) bond motifs is 1. The summed E-state index contributed by atoms with van der Waals surface area (Å²) >= 11 is 0. The average Bonchev–Trinajstić information content (AvgIpc) is 3.43. The minimum Gasteiger partial charge on any atom is -0.486 e. The van der Waals surface area contributed by atoms with Gasteiger partial charge < -0.3 is 4.74 Å². The van der Waals surface area contributed by atoms with Crippen LogP contribution in [-0.4, -0.2) is 26.8 Å². The summed E-state index contributed by atoms with van der Waals surface area (Å²) in [6.07, 6.45) is 4.18. The highest BCUT2D eigenvalue weighted by atomic mass is 32.2. The van der Waals surface area contributed by atoms with Crippen molar-refractivity contribution in [2.24, 2.45) is 5.92 Å². The van der Waals surface area contributed by atoms with E-state index >= 15 is 0 Å². The van der Waals surface area contributed by atoms with Gasteiger partial charge in [-0.3, -0.25) is 9.10 Å². The van der Waals surface area contributed by atoms with Crippen LogP contribution in [-0.2, 0) is 14.8 Å². The van der Waals surface area contributed by atoms with Gasteiger partial charge in [-0.15, -0.1) is 0 Å². The van der Waals surface area contributed by atoms with Gasteiger partial charge in [-0.25, -0.2) is 17.2 Å². The Morgan fingerprint density at radius 2 is 1.81 bits per heavy atom. The summed E-state index contributed by atoms with van der Waals surface area (Å²) in [5, 5.41) is 0. The first-order chi connectivity index (χ1) is 17.7. The largest absolute Gasteiger partial charge is 0.486 e. The van der Waals surface area contributed by atoms with Crippen molar-refractivity contribution in [2.45, 2.75) is 56.4 Å². The van der Waals surface area contributed by atoms with E-state index in [0.717, 1.165) is 49.4 Å². The summed E-state index contributed by atoms with van der Waals surface area (Å²) in [5.74, 6) is -0.596. The van der Waals surface area contributed by atoms with Crippen LogP contribution >= 0.6 is 0 Å². The maximum absolute atomic E-state index is 14.5. The summed E-state index contributed by atoms with van der Waals surface area (Å²) in [5.41, 5.74) is 1.41. The number of ether oxygens (including phenoxy) is 1. The highest BCUT2D eigenvalue weighted by molar-refractivity contribution is 7.92. The normalized spacial score (nSPS) is 17.9. The standard InChI is InChI=1S/C29H29F2NO4S/c1-19-5-4-8-24(15-19)37(34,35)32-18-23(11-13-28(33)20-6-2-3-7-20)36-29-14-9-21(16-27(29)32)25-17-22(30)10-12-26(25)31/h4-5,8-10,12,14-17,20,23H,2-3,6-7,11,13,18H2,1H3/t23-/m0/s1. The van der Waals surface area contributed by atoms with Crippen LogP contribution in [0.1, 0.15) is 44.1 Å². The predicted octanol–water partition coefficient (Wildman–Crippen LogP) is 6.44. The summed E-state index contributed by atoms with van der Waals surface area (Å²) in [7, 11) is -4.00. The Labute approximate surface area is 216 Å². The van der Waals surface area contributed by atoms with Gasteiger partial charge >= 0.3 is 0 Å². The van der Waals surface area contributed by atoms with Crippen molar-refractivity contribution in [1.29, 1.82) is 0 Å². The molecule has 0 radical (unpaired) electrons. The van der Waals surface area contributed by atoms with Gasteiger partial charge in [0.05, 0.1) is 17.1 Å². The SMILES string of the molecule is Cc1cccc(S(=O)(=O)N2C[C@H](CCC(=O)C3CCCC3)Oc3ccc(-c4cc(F)ccc4F)cc32)c1. The molecular formula is C29H29F2NO4S. The fourth-order valence-electron chi connectivity index (χ4n) is 5.23. The van der Waals surface area contributed by atoms with Crippen LogP contribution in [0.3, 0.4) is 0 Å². The van der Waals surface area contributed by atoms with Crippen molar-refractivity contribution in [3.05, 3.63) is 77.9 Å². The van der Waals surface area contributed by atoms with Crippen molar-refractivity contribution >= 4 is 21.5 Å². The van der Waals surface area contributed by atoms with Gasteiger partial charge in [-0.2, -0.15) is 0 Å². The molecule has 1 fully saturated rings. The molecule has 0 saturated heterocycles. The van der Waals surface area contributed by atoms with Gasteiger partial charge in [0.1, 0.15) is 29.3 Å². The second-order valence-electron chi connectivity index (χ2n) is 9.89. The molecule has 5 nitrogen and oxygen atoms in total. The third-order valence-electron chi connectivity index (χ3n) is 7.23. The van der Waals surface area contributed by atoms with Crippen molar-refractivity contribution in [2.75, 3.05) is 10.8 Å². The Hall–Kier alpha value is -3.26. The number of rotatable bonds is 7. The van der Waals surface area contributed by atoms with Crippen LogP contribution in [0, 0.1) is 24.5 Å². The van der Waals surface area contributed by atoms with Crippen LogP contribution in [0.5, 0.6) is 5.75 Å². The van der Waals surface area contributed by atoms with Crippen LogP contribution < -0.4 is 9.04 Å². The fourth-order valence-corrected chi connectivity index (χ4v) is 6.84. The number of hydrogen-bond donors (Lipinski definition) is 0. The number of aryl methyl sites for hydroxylation is 1. The Morgan fingerprint density at radius 1 is 1.03 bits per heavy atom. The Morgan fingerprint density at radius 3 is 2.57 bits per heavy atom. The molecule has 3 aromatic rings. The molecule has 0 aromatic heterocycles. The van der Waals surface area contributed by atoms with Crippen molar-refractivity contribution in [1.82, 2.24) is 0 Å². The maximum atomic E-state index is 14.5. The monoisotopic (exact) mass is 525 g/mol. The van der Waals surface area contributed by atoms with Gasteiger partial charge in [0.2, 0.25) is 0 Å². The zero-order valence-electron chi connectivity index (χ0n) is 20.6. The van der Waals surface area contributed by atoms with Crippen LogP contribution in [0.25, 0.3) is 11.1 Å². The van der Waals surface area contributed by atoms with E-state index in [1.54, 1.807) is 24.3 Å². The van der Waals surface area contributed by atoms with E-state index in [4.69, 9.17) is 4.74 Å². The number of anilines is 1. The van der Waals surface area contributed by atoms with Crippen molar-refractivity contribution in [3.8, 4) is 16.9 Å². The summed E-state index contributed by atoms with van der Waals surface area (Å²) in [4.78, 5) is 12.8. The van der Waals surface area contributed by atoms with E-state index in [1.807, 2.05) is 13.0 Å². The number of sulfonamides is 1. The lowest BCUT2D eigenvalue weighted by Crippen LogP contribution is -2.43. The highest BCUT2D eigenvalue weighted by Gasteiger charge is 2.35. The second-order valence-corrected chi connectivity index (χ2v) is 11.7. The number of carbonyl (C=O) groups excluding carboxylic acids is 1. The molecule has 1 saturated carbocycles. The molecule has 0 N–H and O–H groups in total. The number of hydrogen-bond acceptors (Lipinski definition) is 4. The van der Waals surface area contributed by atoms with Gasteiger partial charge in [-0.1, -0.05) is 31.0 Å². The third-order valence-corrected chi connectivity index (χ3v) is 9.01. The van der Waals surface area contributed by atoms with Gasteiger partial charge in [0.15, 0.2) is 0 Å². The Bertz CT molecular complexity index is 1430. The molecule has 1 aliphatic heterocycles. The summed E-state index contributed by atoms with van der Waals surface area (Å²) in [6, 6.07) is 14.5. The number of benzene rings is 3. The summed E-state index contributed by atoms with van der Waals surface area (Å²) in [6.45, 7) is 1.82. The fraction of sp³-hybridized carbons (Fsp3) is 0.345. The number of Topliss-reactive ketones (excluding diaryl/α,β-unsaturated/α-hetero) is 1. The van der Waals surface area contributed by atoms with E-state index in [1.165, 1.54) is 16.4 Å². The first-order valence-electron chi connectivity index (χ1n) is 12.6. The van der Waals surface area contributed by atoms with E-state index in [-0.39, 0.29) is 34.4 Å². The van der Waals surface area contributed by atoms with Crippen molar-refractivity contribution in [3.63, 3.8) is 0 Å². The van der Waals surface area contributed by atoms with E-state index < -0.39 is 27.8 Å². The minimum atomic E-state index is -4.00. The van der Waals surface area contributed by atoms with E-state index in [0.29, 0.717) is 24.2 Å². The average molecular weight is 526 g/mol. The topological polar surface area (TPSA) is 63.7 Å². The van der Waals surface area contributed by atoms with Crippen LogP contribution in [0.4, 0.5) is 14.5 Å². The number of halogens is 2. The lowest BCUT2D eigenvalue weighted by atomic mass is 9.97. The molecule has 2 aliphatic rings. The predicted molar refractivity (Wildman–Crippen MR) is 138 cm³/mol. The van der Waals surface area contributed by atoms with Gasteiger partial charge in [-0.05, 0) is 79.8 Å². The van der Waals surface area contributed by atoms with Crippen LogP contribution in [0.15, 0.2) is 65.6 Å². The Kier molecular flexibility index (Phi) is 7.03. The molecule has 8 heteroatoms. The first-order valence-corrected chi connectivity index (χ1v) is 14.0. The van der Waals surface area contributed by atoms with Crippen molar-refractivity contribution < 1.29 is 26.7 Å². The molecule has 0 unspecified atom stereocenters. The molecule has 1 heterocycles. The van der Waals surface area contributed by atoms with Gasteiger partial charge in [0.25, 0.3) is 10.0 Å². The van der Waals surface area contributed by atoms with E-state index in [2.05, 4.69) is 0 Å². The molecule has 0 spiro atoms. The number of carbonyl (C=O) groups is 1. The first kappa shape index (κ1) is 25.4. The molecule has 0 bridgehead atoms. The molecule has 1 aliphatic carbocycles. The second kappa shape index (κ2) is 10.2. The summed E-state index contributed by atoms with van der Waals surface area (Å²) < 4.78 is 63.5. The quantitative estimate of drug-likeness (QED) is 0.356.